The summed E-state index contributed by atoms with van der Waals surface area (Å²) in [6.45, 7) is 7.15. The Bertz CT molecular complexity index is 198. The third kappa shape index (κ3) is 3.00. The van der Waals surface area contributed by atoms with E-state index in [1.807, 2.05) is 6.92 Å². The molecular weight excluding hydrogens is 176 g/mol. The Morgan fingerprint density at radius 2 is 2.14 bits per heavy atom. The molecule has 0 aromatic rings. The summed E-state index contributed by atoms with van der Waals surface area (Å²) >= 11 is 0. The van der Waals surface area contributed by atoms with Gasteiger partial charge in [-0.25, -0.2) is 0 Å². The molecule has 1 heterocycles. The first-order chi connectivity index (χ1) is 6.54. The van der Waals surface area contributed by atoms with Crippen molar-refractivity contribution in [2.45, 2.75) is 52.9 Å². The molecule has 1 fully saturated rings. The topological polar surface area (TPSA) is 26.3 Å². The summed E-state index contributed by atoms with van der Waals surface area (Å²) in [4.78, 5) is 11.4. The largest absolute Gasteiger partial charge is 0.465 e. The van der Waals surface area contributed by atoms with Gasteiger partial charge < -0.3 is 4.74 Å². The molecule has 1 unspecified atom stereocenters. The van der Waals surface area contributed by atoms with Crippen LogP contribution in [-0.4, -0.2) is 12.6 Å². The first kappa shape index (κ1) is 11.5. The molecule has 1 atom stereocenters. The third-order valence-corrected chi connectivity index (χ3v) is 3.14. The average Bonchev–Trinajstić information content (AvgIpc) is 2.42. The summed E-state index contributed by atoms with van der Waals surface area (Å²) in [6, 6.07) is 0. The van der Waals surface area contributed by atoms with Gasteiger partial charge in [0.25, 0.3) is 0 Å². The number of carbonyl (C=O) groups excluding carboxylic acids is 1. The highest BCUT2D eigenvalue weighted by molar-refractivity contribution is 5.78. The van der Waals surface area contributed by atoms with E-state index in [4.69, 9.17) is 4.74 Å². The van der Waals surface area contributed by atoms with E-state index in [0.717, 1.165) is 25.2 Å². The molecule has 0 aliphatic carbocycles. The SMILES string of the molecule is CC(C)CCCCC1(C)CCOC1=O. The number of cyclic esters (lactones) is 1. The molecule has 0 radical (unpaired) electrons. The Morgan fingerprint density at radius 1 is 1.43 bits per heavy atom. The lowest BCUT2D eigenvalue weighted by Gasteiger charge is -2.18. The maximum absolute atomic E-state index is 11.4. The maximum Gasteiger partial charge on any atom is 0.311 e. The molecule has 1 saturated heterocycles. The zero-order chi connectivity index (χ0) is 10.6. The van der Waals surface area contributed by atoms with Gasteiger partial charge in [0, 0.05) is 0 Å². The van der Waals surface area contributed by atoms with E-state index in [-0.39, 0.29) is 11.4 Å². The monoisotopic (exact) mass is 198 g/mol. The van der Waals surface area contributed by atoms with Gasteiger partial charge in [-0.1, -0.05) is 33.1 Å². The second kappa shape index (κ2) is 4.81. The summed E-state index contributed by atoms with van der Waals surface area (Å²) in [5.41, 5.74) is -0.170. The number of rotatable bonds is 5. The quantitative estimate of drug-likeness (QED) is 0.501. The minimum Gasteiger partial charge on any atom is -0.465 e. The van der Waals surface area contributed by atoms with Crippen molar-refractivity contribution >= 4 is 5.97 Å². The van der Waals surface area contributed by atoms with Crippen molar-refractivity contribution < 1.29 is 9.53 Å². The van der Waals surface area contributed by atoms with E-state index in [0.29, 0.717) is 6.61 Å². The van der Waals surface area contributed by atoms with Crippen LogP contribution >= 0.6 is 0 Å². The van der Waals surface area contributed by atoms with E-state index in [1.54, 1.807) is 0 Å². The predicted molar refractivity (Wildman–Crippen MR) is 57.0 cm³/mol. The molecule has 14 heavy (non-hydrogen) atoms. The molecule has 82 valence electrons. The Hall–Kier alpha value is -0.530. The van der Waals surface area contributed by atoms with Crippen LogP contribution in [0.5, 0.6) is 0 Å². The van der Waals surface area contributed by atoms with E-state index < -0.39 is 0 Å². The molecule has 0 N–H and O–H groups in total. The van der Waals surface area contributed by atoms with Gasteiger partial charge in [0.1, 0.15) is 0 Å². The minimum absolute atomic E-state index is 0.0158. The molecule has 0 spiro atoms. The minimum atomic E-state index is -0.170. The Labute approximate surface area is 87.0 Å². The molecule has 2 nitrogen and oxygen atoms in total. The van der Waals surface area contributed by atoms with Crippen molar-refractivity contribution in [1.82, 2.24) is 0 Å². The van der Waals surface area contributed by atoms with Crippen molar-refractivity contribution in [2.24, 2.45) is 11.3 Å². The highest BCUT2D eigenvalue weighted by Gasteiger charge is 2.38. The summed E-state index contributed by atoms with van der Waals surface area (Å²) in [6.07, 6.45) is 5.57. The fraction of sp³-hybridized carbons (Fsp3) is 0.917. The van der Waals surface area contributed by atoms with E-state index in [9.17, 15) is 4.79 Å². The first-order valence-electron chi connectivity index (χ1n) is 5.72. The van der Waals surface area contributed by atoms with Gasteiger partial charge in [-0.2, -0.15) is 0 Å². The number of hydrogen-bond acceptors (Lipinski definition) is 2. The predicted octanol–water partition coefficient (Wildman–Crippen LogP) is 3.16. The highest BCUT2D eigenvalue weighted by Crippen LogP contribution is 2.34. The van der Waals surface area contributed by atoms with Crippen LogP contribution in [0.1, 0.15) is 52.9 Å². The molecule has 0 aromatic heterocycles. The van der Waals surface area contributed by atoms with Gasteiger partial charge in [0.05, 0.1) is 12.0 Å². The molecule has 1 aliphatic rings. The second-order valence-electron chi connectivity index (χ2n) is 5.09. The molecule has 0 aromatic carbocycles. The van der Waals surface area contributed by atoms with Crippen molar-refractivity contribution in [3.05, 3.63) is 0 Å². The van der Waals surface area contributed by atoms with Crippen molar-refractivity contribution in [3.8, 4) is 0 Å². The number of unbranched alkanes of at least 4 members (excludes halogenated alkanes) is 1. The number of esters is 1. The lowest BCUT2D eigenvalue weighted by atomic mass is 9.83. The van der Waals surface area contributed by atoms with Crippen molar-refractivity contribution in [3.63, 3.8) is 0 Å². The van der Waals surface area contributed by atoms with Gasteiger partial charge in [-0.05, 0) is 25.7 Å². The summed E-state index contributed by atoms with van der Waals surface area (Å²) in [5, 5.41) is 0. The Morgan fingerprint density at radius 3 is 2.64 bits per heavy atom. The lowest BCUT2D eigenvalue weighted by Crippen LogP contribution is -2.22. The Kier molecular flexibility index (Phi) is 3.97. The van der Waals surface area contributed by atoms with E-state index in [1.165, 1.54) is 12.8 Å². The number of hydrogen-bond donors (Lipinski definition) is 0. The molecular formula is C12H22O2. The zero-order valence-corrected chi connectivity index (χ0v) is 9.64. The lowest BCUT2D eigenvalue weighted by molar-refractivity contribution is -0.145. The summed E-state index contributed by atoms with van der Waals surface area (Å²) < 4.78 is 5.01. The van der Waals surface area contributed by atoms with Gasteiger partial charge in [0.15, 0.2) is 0 Å². The van der Waals surface area contributed by atoms with Crippen LogP contribution in [0.3, 0.4) is 0 Å². The first-order valence-corrected chi connectivity index (χ1v) is 5.72. The summed E-state index contributed by atoms with van der Waals surface area (Å²) in [7, 11) is 0. The van der Waals surface area contributed by atoms with E-state index >= 15 is 0 Å². The molecule has 1 rings (SSSR count). The van der Waals surface area contributed by atoms with Crippen molar-refractivity contribution in [1.29, 1.82) is 0 Å². The summed E-state index contributed by atoms with van der Waals surface area (Å²) in [5.74, 6) is 0.792. The number of carbonyl (C=O) groups is 1. The molecule has 1 aliphatic heterocycles. The zero-order valence-electron chi connectivity index (χ0n) is 9.64. The second-order valence-corrected chi connectivity index (χ2v) is 5.09. The molecule has 0 amide bonds. The molecule has 0 saturated carbocycles. The highest BCUT2D eigenvalue weighted by atomic mass is 16.5. The fourth-order valence-electron chi connectivity index (χ4n) is 1.94. The Balaban J connectivity index is 2.20. The van der Waals surface area contributed by atoms with Gasteiger partial charge in [-0.15, -0.1) is 0 Å². The maximum atomic E-state index is 11.4. The van der Waals surface area contributed by atoms with Gasteiger partial charge in [0.2, 0.25) is 0 Å². The standard InChI is InChI=1S/C12H22O2/c1-10(2)6-4-5-7-12(3)8-9-14-11(12)13/h10H,4-9H2,1-3H3. The van der Waals surface area contributed by atoms with Crippen LogP contribution in [0.4, 0.5) is 0 Å². The van der Waals surface area contributed by atoms with Crippen LogP contribution < -0.4 is 0 Å². The van der Waals surface area contributed by atoms with Crippen LogP contribution in [0.25, 0.3) is 0 Å². The van der Waals surface area contributed by atoms with Crippen LogP contribution in [0.15, 0.2) is 0 Å². The molecule has 0 bridgehead atoms. The smallest absolute Gasteiger partial charge is 0.311 e. The van der Waals surface area contributed by atoms with Crippen molar-refractivity contribution in [2.75, 3.05) is 6.61 Å². The third-order valence-electron chi connectivity index (χ3n) is 3.14. The average molecular weight is 198 g/mol. The van der Waals surface area contributed by atoms with Crippen LogP contribution in [0, 0.1) is 11.3 Å². The van der Waals surface area contributed by atoms with Crippen LogP contribution in [0.2, 0.25) is 0 Å². The van der Waals surface area contributed by atoms with Gasteiger partial charge in [-0.3, -0.25) is 4.79 Å². The van der Waals surface area contributed by atoms with Gasteiger partial charge >= 0.3 is 5.97 Å². The van der Waals surface area contributed by atoms with E-state index in [2.05, 4.69) is 13.8 Å². The normalized spacial score (nSPS) is 27.0. The number of ether oxygens (including phenoxy) is 1. The fourth-order valence-corrected chi connectivity index (χ4v) is 1.94. The molecule has 2 heteroatoms. The van der Waals surface area contributed by atoms with Crippen LogP contribution in [-0.2, 0) is 9.53 Å².